The molecule has 0 aromatic carbocycles. The number of piperidine rings is 1. The van der Waals surface area contributed by atoms with E-state index in [0.717, 1.165) is 31.5 Å². The summed E-state index contributed by atoms with van der Waals surface area (Å²) in [5, 5.41) is 0. The van der Waals surface area contributed by atoms with Gasteiger partial charge in [-0.15, -0.1) is 0 Å². The highest BCUT2D eigenvalue weighted by atomic mass is 32.2. The smallest absolute Gasteiger partial charge is 0.355 e. The summed E-state index contributed by atoms with van der Waals surface area (Å²) in [6, 6.07) is 3.85. The SMILES string of the molecule is CC(C)(C)N1CCC(c2ccc3nc(OS(=O)(=O)C(F)(F)F)cc(=O)n3c2)CC1. The predicted molar refractivity (Wildman–Crippen MR) is 100 cm³/mol. The Bertz CT molecular complexity index is 1070. The average Bonchev–Trinajstić information content (AvgIpc) is 2.59. The first kappa shape index (κ1) is 21.6. The van der Waals surface area contributed by atoms with E-state index < -0.39 is 27.1 Å². The van der Waals surface area contributed by atoms with Gasteiger partial charge in [0.25, 0.3) is 5.56 Å². The predicted octanol–water partition coefficient (Wildman–Crippen LogP) is 2.90. The van der Waals surface area contributed by atoms with Crippen molar-refractivity contribution in [3.05, 3.63) is 40.3 Å². The Morgan fingerprint density at radius 1 is 1.14 bits per heavy atom. The van der Waals surface area contributed by atoms with Crippen LogP contribution in [0.2, 0.25) is 0 Å². The molecule has 0 saturated carbocycles. The van der Waals surface area contributed by atoms with Crippen molar-refractivity contribution in [2.24, 2.45) is 0 Å². The number of nitrogens with zero attached hydrogens (tertiary/aromatic N) is 3. The monoisotopic (exact) mass is 433 g/mol. The van der Waals surface area contributed by atoms with Crippen LogP contribution in [-0.4, -0.2) is 46.8 Å². The maximum absolute atomic E-state index is 12.5. The van der Waals surface area contributed by atoms with Crippen molar-refractivity contribution >= 4 is 15.8 Å². The summed E-state index contributed by atoms with van der Waals surface area (Å²) in [6.45, 7) is 8.32. The Balaban J connectivity index is 1.85. The molecule has 0 N–H and O–H groups in total. The number of likely N-dealkylation sites (tertiary alicyclic amines) is 1. The highest BCUT2D eigenvalue weighted by molar-refractivity contribution is 7.87. The van der Waals surface area contributed by atoms with E-state index in [1.807, 2.05) is 0 Å². The van der Waals surface area contributed by atoms with E-state index in [2.05, 4.69) is 34.8 Å². The zero-order chi connectivity index (χ0) is 21.6. The highest BCUT2D eigenvalue weighted by Gasteiger charge is 2.49. The molecule has 29 heavy (non-hydrogen) atoms. The van der Waals surface area contributed by atoms with Crippen molar-refractivity contribution in [3.8, 4) is 5.88 Å². The van der Waals surface area contributed by atoms with Gasteiger partial charge in [0.15, 0.2) is 0 Å². The van der Waals surface area contributed by atoms with E-state index in [0.29, 0.717) is 6.07 Å². The maximum atomic E-state index is 12.5. The van der Waals surface area contributed by atoms with Crippen LogP contribution in [0.25, 0.3) is 5.65 Å². The number of alkyl halides is 3. The number of pyridine rings is 1. The van der Waals surface area contributed by atoms with Crippen LogP contribution in [0.5, 0.6) is 5.88 Å². The molecule has 0 unspecified atom stereocenters. The zero-order valence-electron chi connectivity index (χ0n) is 16.2. The summed E-state index contributed by atoms with van der Waals surface area (Å²) >= 11 is 0. The molecule has 3 rings (SSSR count). The average molecular weight is 433 g/mol. The van der Waals surface area contributed by atoms with Crippen molar-refractivity contribution in [1.29, 1.82) is 0 Å². The molecule has 7 nitrogen and oxygen atoms in total. The van der Waals surface area contributed by atoms with Crippen molar-refractivity contribution in [2.45, 2.75) is 50.6 Å². The summed E-state index contributed by atoms with van der Waals surface area (Å²) in [4.78, 5) is 18.4. The molecule has 0 atom stereocenters. The van der Waals surface area contributed by atoms with Crippen molar-refractivity contribution < 1.29 is 25.8 Å². The molecular formula is C18H22F3N3O4S. The van der Waals surface area contributed by atoms with Gasteiger partial charge in [-0.1, -0.05) is 6.07 Å². The molecule has 1 aliphatic heterocycles. The molecule has 1 saturated heterocycles. The van der Waals surface area contributed by atoms with Gasteiger partial charge in [0.2, 0.25) is 5.88 Å². The second-order valence-electron chi connectivity index (χ2n) is 8.04. The topological polar surface area (TPSA) is 81.0 Å². The van der Waals surface area contributed by atoms with E-state index in [4.69, 9.17) is 0 Å². The van der Waals surface area contributed by atoms with Gasteiger partial charge < -0.3 is 4.18 Å². The fourth-order valence-corrected chi connectivity index (χ4v) is 3.83. The number of hydrogen-bond acceptors (Lipinski definition) is 6. The number of rotatable bonds is 3. The Hall–Kier alpha value is -2.14. The molecule has 0 radical (unpaired) electrons. The van der Waals surface area contributed by atoms with Gasteiger partial charge in [-0.3, -0.25) is 14.1 Å². The van der Waals surface area contributed by atoms with Crippen molar-refractivity contribution in [3.63, 3.8) is 0 Å². The van der Waals surface area contributed by atoms with Gasteiger partial charge in [-0.2, -0.15) is 26.6 Å². The van der Waals surface area contributed by atoms with Gasteiger partial charge in [0.1, 0.15) is 5.65 Å². The fraction of sp³-hybridized carbons (Fsp3) is 0.556. The normalized spacial score (nSPS) is 17.6. The second-order valence-corrected chi connectivity index (χ2v) is 9.58. The largest absolute Gasteiger partial charge is 0.534 e. The molecule has 2 aromatic rings. The lowest BCUT2D eigenvalue weighted by Crippen LogP contribution is -2.45. The summed E-state index contributed by atoms with van der Waals surface area (Å²) in [7, 11) is -5.89. The number of hydrogen-bond donors (Lipinski definition) is 0. The van der Waals surface area contributed by atoms with E-state index >= 15 is 0 Å². The molecular weight excluding hydrogens is 411 g/mol. The quantitative estimate of drug-likeness (QED) is 0.547. The van der Waals surface area contributed by atoms with Crippen LogP contribution < -0.4 is 9.74 Å². The minimum absolute atomic E-state index is 0.000696. The molecule has 0 spiro atoms. The fourth-order valence-electron chi connectivity index (χ4n) is 3.42. The first-order chi connectivity index (χ1) is 13.3. The summed E-state index contributed by atoms with van der Waals surface area (Å²) in [5.74, 6) is -0.676. The zero-order valence-corrected chi connectivity index (χ0v) is 17.0. The van der Waals surface area contributed by atoms with Gasteiger partial charge >= 0.3 is 15.6 Å². The standard InChI is InChI=1S/C18H22F3N3O4S/c1-17(2,3)23-8-6-12(7-9-23)13-4-5-14-22-15(10-16(25)24(14)11-13)28-29(26,27)18(19,20)21/h4-5,10-12H,6-9H2,1-3H3. The third-order valence-electron chi connectivity index (χ3n) is 5.05. The Morgan fingerprint density at radius 2 is 1.76 bits per heavy atom. The first-order valence-electron chi connectivity index (χ1n) is 9.07. The van der Waals surface area contributed by atoms with Crippen molar-refractivity contribution in [1.82, 2.24) is 14.3 Å². The Kier molecular flexibility index (Phi) is 5.41. The van der Waals surface area contributed by atoms with Gasteiger partial charge in [-0.05, 0) is 64.3 Å². The van der Waals surface area contributed by atoms with Crippen LogP contribution in [0.3, 0.4) is 0 Å². The lowest BCUT2D eigenvalue weighted by Gasteiger charge is -2.41. The molecule has 2 aromatic heterocycles. The molecule has 160 valence electrons. The van der Waals surface area contributed by atoms with Crippen LogP contribution in [0.1, 0.15) is 45.1 Å². The molecule has 11 heteroatoms. The Morgan fingerprint density at radius 3 is 2.31 bits per heavy atom. The second kappa shape index (κ2) is 7.28. The van der Waals surface area contributed by atoms with E-state index in [9.17, 15) is 26.4 Å². The van der Waals surface area contributed by atoms with Gasteiger partial charge in [-0.25, -0.2) is 0 Å². The van der Waals surface area contributed by atoms with Crippen molar-refractivity contribution in [2.75, 3.05) is 13.1 Å². The third-order valence-corrected chi connectivity index (χ3v) is 6.01. The molecule has 0 amide bonds. The van der Waals surface area contributed by atoms with E-state index in [1.165, 1.54) is 10.5 Å². The number of aromatic nitrogens is 2. The summed E-state index contributed by atoms with van der Waals surface area (Å²) in [5.41, 5.74) is -5.32. The van der Waals surface area contributed by atoms with Crippen LogP contribution in [0.15, 0.2) is 29.2 Å². The van der Waals surface area contributed by atoms with E-state index in [1.54, 1.807) is 12.3 Å². The minimum Gasteiger partial charge on any atom is -0.355 e. The lowest BCUT2D eigenvalue weighted by atomic mass is 9.88. The maximum Gasteiger partial charge on any atom is 0.534 e. The highest BCUT2D eigenvalue weighted by Crippen LogP contribution is 2.31. The van der Waals surface area contributed by atoms with Crippen LogP contribution >= 0.6 is 0 Å². The van der Waals surface area contributed by atoms with Crippen LogP contribution in [0, 0.1) is 0 Å². The molecule has 0 aliphatic carbocycles. The van der Waals surface area contributed by atoms with E-state index in [-0.39, 0.29) is 17.1 Å². The Labute approximate surface area is 166 Å². The molecule has 0 bridgehead atoms. The molecule has 1 aliphatic rings. The van der Waals surface area contributed by atoms with Gasteiger partial charge in [0, 0.05) is 11.7 Å². The summed E-state index contributed by atoms with van der Waals surface area (Å²) < 4.78 is 64.8. The number of fused-ring (bicyclic) bond motifs is 1. The lowest BCUT2D eigenvalue weighted by molar-refractivity contribution is -0.0501. The molecule has 1 fully saturated rings. The van der Waals surface area contributed by atoms with Gasteiger partial charge in [0.05, 0.1) is 6.07 Å². The summed E-state index contributed by atoms with van der Waals surface area (Å²) in [6.07, 6.45) is 3.43. The number of halogens is 3. The molecule has 3 heterocycles. The van der Waals surface area contributed by atoms with Crippen LogP contribution in [-0.2, 0) is 10.1 Å². The third kappa shape index (κ3) is 4.55. The minimum atomic E-state index is -5.89. The first-order valence-corrected chi connectivity index (χ1v) is 10.5. The van der Waals surface area contributed by atoms with Crippen LogP contribution in [0.4, 0.5) is 13.2 Å².